The summed E-state index contributed by atoms with van der Waals surface area (Å²) in [6.07, 6.45) is 5.39. The first-order chi connectivity index (χ1) is 13.2. The van der Waals surface area contributed by atoms with Crippen LogP contribution in [0.15, 0.2) is 30.3 Å². The molecule has 3 heterocycles. The first kappa shape index (κ1) is 18.9. The Kier molecular flexibility index (Phi) is 5.84. The standard InChI is InChI=1S/C23H34N2O2/c1-2-24-17-21(19-6-4-3-5-7-19)16-23(18-24)10-12-25(13-11-23)22(26)20-8-14-27-15-9-20/h3-7,20-21H,2,8-18H2,1H3/t21-/m1/s1. The Balaban J connectivity index is 1.41. The van der Waals surface area contributed by atoms with Crippen LogP contribution in [0.5, 0.6) is 0 Å². The lowest BCUT2D eigenvalue weighted by Gasteiger charge is -2.50. The maximum atomic E-state index is 12.9. The molecule has 3 aliphatic heterocycles. The van der Waals surface area contributed by atoms with Gasteiger partial charge >= 0.3 is 0 Å². The molecule has 0 radical (unpaired) electrons. The van der Waals surface area contributed by atoms with Gasteiger partial charge < -0.3 is 14.5 Å². The van der Waals surface area contributed by atoms with Crippen molar-refractivity contribution in [1.29, 1.82) is 0 Å². The SMILES string of the molecule is CCN1C[C@H](c2ccccc2)CC2(CCN(C(=O)C3CCOCC3)CC2)C1. The minimum absolute atomic E-state index is 0.198. The van der Waals surface area contributed by atoms with Gasteiger partial charge in [-0.3, -0.25) is 4.79 Å². The normalized spacial score (nSPS) is 27.0. The topological polar surface area (TPSA) is 32.8 Å². The Morgan fingerprint density at radius 3 is 2.52 bits per heavy atom. The molecule has 4 nitrogen and oxygen atoms in total. The summed E-state index contributed by atoms with van der Waals surface area (Å²) in [5.41, 5.74) is 1.86. The van der Waals surface area contributed by atoms with Crippen LogP contribution in [0.25, 0.3) is 0 Å². The lowest BCUT2D eigenvalue weighted by Crippen LogP contribution is -2.53. The van der Waals surface area contributed by atoms with E-state index in [0.29, 0.717) is 17.2 Å². The van der Waals surface area contributed by atoms with Crippen LogP contribution in [-0.2, 0) is 9.53 Å². The summed E-state index contributed by atoms with van der Waals surface area (Å²) in [5.74, 6) is 1.21. The molecule has 3 fully saturated rings. The summed E-state index contributed by atoms with van der Waals surface area (Å²) in [4.78, 5) is 17.7. The lowest BCUT2D eigenvalue weighted by molar-refractivity contribution is -0.141. The summed E-state index contributed by atoms with van der Waals surface area (Å²) in [7, 11) is 0. The Morgan fingerprint density at radius 1 is 1.15 bits per heavy atom. The number of likely N-dealkylation sites (tertiary alicyclic amines) is 2. The van der Waals surface area contributed by atoms with E-state index in [1.165, 1.54) is 25.1 Å². The molecule has 1 spiro atoms. The van der Waals surface area contributed by atoms with Gasteiger partial charge in [0.1, 0.15) is 0 Å². The van der Waals surface area contributed by atoms with E-state index in [4.69, 9.17) is 4.74 Å². The monoisotopic (exact) mass is 370 g/mol. The predicted octanol–water partition coefficient (Wildman–Crippen LogP) is 3.53. The van der Waals surface area contributed by atoms with Gasteiger partial charge in [-0.2, -0.15) is 0 Å². The molecule has 0 saturated carbocycles. The van der Waals surface area contributed by atoms with Gasteiger partial charge in [-0.1, -0.05) is 37.3 Å². The molecule has 27 heavy (non-hydrogen) atoms. The highest BCUT2D eigenvalue weighted by molar-refractivity contribution is 5.79. The minimum Gasteiger partial charge on any atom is -0.381 e. The van der Waals surface area contributed by atoms with E-state index in [2.05, 4.69) is 47.1 Å². The Hall–Kier alpha value is -1.39. The van der Waals surface area contributed by atoms with Crippen LogP contribution in [-0.4, -0.2) is 61.6 Å². The smallest absolute Gasteiger partial charge is 0.225 e. The van der Waals surface area contributed by atoms with E-state index in [1.54, 1.807) is 0 Å². The number of amides is 1. The van der Waals surface area contributed by atoms with Crippen LogP contribution < -0.4 is 0 Å². The zero-order chi connectivity index (χ0) is 18.7. The highest BCUT2D eigenvalue weighted by Gasteiger charge is 2.43. The zero-order valence-corrected chi connectivity index (χ0v) is 16.7. The third-order valence-electron chi connectivity index (χ3n) is 7.14. The number of likely N-dealkylation sites (N-methyl/N-ethyl adjacent to an activating group) is 1. The van der Waals surface area contributed by atoms with Crippen molar-refractivity contribution in [1.82, 2.24) is 9.80 Å². The zero-order valence-electron chi connectivity index (χ0n) is 16.7. The number of carbonyl (C=O) groups excluding carboxylic acids is 1. The van der Waals surface area contributed by atoms with Crippen molar-refractivity contribution in [2.45, 2.75) is 44.9 Å². The van der Waals surface area contributed by atoms with E-state index >= 15 is 0 Å². The van der Waals surface area contributed by atoms with Crippen LogP contribution in [0.4, 0.5) is 0 Å². The molecule has 1 aromatic rings. The third kappa shape index (κ3) is 4.22. The predicted molar refractivity (Wildman–Crippen MR) is 108 cm³/mol. The molecule has 1 aromatic carbocycles. The van der Waals surface area contributed by atoms with Crippen molar-refractivity contribution in [2.75, 3.05) is 45.9 Å². The second-order valence-electron chi connectivity index (χ2n) is 8.85. The number of hydrogen-bond acceptors (Lipinski definition) is 3. The van der Waals surface area contributed by atoms with Crippen molar-refractivity contribution < 1.29 is 9.53 Å². The van der Waals surface area contributed by atoms with Crippen molar-refractivity contribution in [2.24, 2.45) is 11.3 Å². The first-order valence-corrected chi connectivity index (χ1v) is 10.8. The van der Waals surface area contributed by atoms with Gasteiger partial charge in [-0.05, 0) is 55.5 Å². The molecule has 0 unspecified atom stereocenters. The number of ether oxygens (including phenoxy) is 1. The Morgan fingerprint density at radius 2 is 1.85 bits per heavy atom. The van der Waals surface area contributed by atoms with Gasteiger partial charge in [-0.15, -0.1) is 0 Å². The van der Waals surface area contributed by atoms with E-state index in [1.807, 2.05) is 0 Å². The van der Waals surface area contributed by atoms with E-state index in [9.17, 15) is 4.79 Å². The van der Waals surface area contributed by atoms with Gasteiger partial charge in [0.2, 0.25) is 5.91 Å². The van der Waals surface area contributed by atoms with Gasteiger partial charge in [-0.25, -0.2) is 0 Å². The molecule has 4 heteroatoms. The number of carbonyl (C=O) groups is 1. The largest absolute Gasteiger partial charge is 0.381 e. The molecule has 3 aliphatic rings. The fraction of sp³-hybridized carbons (Fsp3) is 0.696. The average molecular weight is 371 g/mol. The van der Waals surface area contributed by atoms with Crippen molar-refractivity contribution in [3.05, 3.63) is 35.9 Å². The summed E-state index contributed by atoms with van der Waals surface area (Å²) in [5, 5.41) is 0. The lowest BCUT2D eigenvalue weighted by atomic mass is 9.68. The molecule has 0 bridgehead atoms. The molecule has 1 atom stereocenters. The van der Waals surface area contributed by atoms with Crippen LogP contribution in [0, 0.1) is 11.3 Å². The highest BCUT2D eigenvalue weighted by Crippen LogP contribution is 2.45. The Bertz CT molecular complexity index is 619. The fourth-order valence-electron chi connectivity index (χ4n) is 5.46. The molecular formula is C23H34N2O2. The van der Waals surface area contributed by atoms with E-state index < -0.39 is 0 Å². The minimum atomic E-state index is 0.198. The summed E-state index contributed by atoms with van der Waals surface area (Å²) in [6, 6.07) is 11.0. The highest BCUT2D eigenvalue weighted by atomic mass is 16.5. The van der Waals surface area contributed by atoms with Gasteiger partial charge in [0.05, 0.1) is 0 Å². The maximum absolute atomic E-state index is 12.9. The van der Waals surface area contributed by atoms with E-state index in [-0.39, 0.29) is 5.92 Å². The Labute approximate surface area is 163 Å². The third-order valence-corrected chi connectivity index (χ3v) is 7.14. The summed E-state index contributed by atoms with van der Waals surface area (Å²) >= 11 is 0. The van der Waals surface area contributed by atoms with Crippen LogP contribution in [0.2, 0.25) is 0 Å². The molecule has 0 N–H and O–H groups in total. The second-order valence-corrected chi connectivity index (χ2v) is 8.85. The quantitative estimate of drug-likeness (QED) is 0.816. The molecular weight excluding hydrogens is 336 g/mol. The molecule has 4 rings (SSSR count). The molecule has 0 aromatic heterocycles. The molecule has 1 amide bonds. The number of benzene rings is 1. The first-order valence-electron chi connectivity index (χ1n) is 10.8. The number of rotatable bonds is 3. The fourth-order valence-corrected chi connectivity index (χ4v) is 5.46. The molecule has 3 saturated heterocycles. The van der Waals surface area contributed by atoms with Gasteiger partial charge in [0, 0.05) is 45.3 Å². The summed E-state index contributed by atoms with van der Waals surface area (Å²) < 4.78 is 5.43. The number of hydrogen-bond donors (Lipinski definition) is 0. The molecule has 148 valence electrons. The van der Waals surface area contributed by atoms with Crippen LogP contribution in [0.3, 0.4) is 0 Å². The molecule has 0 aliphatic carbocycles. The van der Waals surface area contributed by atoms with Crippen molar-refractivity contribution in [3.8, 4) is 0 Å². The van der Waals surface area contributed by atoms with Crippen molar-refractivity contribution in [3.63, 3.8) is 0 Å². The van der Waals surface area contributed by atoms with E-state index in [0.717, 1.165) is 58.5 Å². The summed E-state index contributed by atoms with van der Waals surface area (Å²) in [6.45, 7) is 9.15. The number of piperidine rings is 2. The van der Waals surface area contributed by atoms with Crippen LogP contribution in [0.1, 0.15) is 50.5 Å². The second kappa shape index (κ2) is 8.32. The van der Waals surface area contributed by atoms with Crippen LogP contribution >= 0.6 is 0 Å². The number of nitrogens with zero attached hydrogens (tertiary/aromatic N) is 2. The van der Waals surface area contributed by atoms with Gasteiger partial charge in [0.15, 0.2) is 0 Å². The average Bonchev–Trinajstić information content (AvgIpc) is 2.75. The van der Waals surface area contributed by atoms with Crippen molar-refractivity contribution >= 4 is 5.91 Å². The maximum Gasteiger partial charge on any atom is 0.225 e. The van der Waals surface area contributed by atoms with Gasteiger partial charge in [0.25, 0.3) is 0 Å².